The highest BCUT2D eigenvalue weighted by atomic mass is 35.5. The van der Waals surface area contributed by atoms with Crippen LogP contribution >= 0.6 is 23.2 Å². The van der Waals surface area contributed by atoms with E-state index in [1.54, 1.807) is 18.2 Å². The van der Waals surface area contributed by atoms with E-state index in [0.29, 0.717) is 22.3 Å². The highest BCUT2D eigenvalue weighted by Crippen LogP contribution is 2.28. The molecule has 1 atom stereocenters. The van der Waals surface area contributed by atoms with Gasteiger partial charge >= 0.3 is 0 Å². The van der Waals surface area contributed by atoms with Crippen LogP contribution in [0.5, 0.6) is 5.75 Å². The maximum absolute atomic E-state index is 5.91. The van der Waals surface area contributed by atoms with E-state index in [1.165, 1.54) is 0 Å². The van der Waals surface area contributed by atoms with Crippen molar-refractivity contribution in [2.45, 2.75) is 13.0 Å². The molecule has 0 aromatic heterocycles. The SMILES string of the molecule is CC(CNN)Oc1ccc(Cl)cc1Cl. The lowest BCUT2D eigenvalue weighted by molar-refractivity contribution is 0.218. The van der Waals surface area contributed by atoms with Crippen molar-refractivity contribution in [3.8, 4) is 5.75 Å². The number of ether oxygens (including phenoxy) is 1. The van der Waals surface area contributed by atoms with Gasteiger partial charge in [0.25, 0.3) is 0 Å². The molecule has 0 radical (unpaired) electrons. The highest BCUT2D eigenvalue weighted by molar-refractivity contribution is 6.35. The summed E-state index contributed by atoms with van der Waals surface area (Å²) in [7, 11) is 0. The summed E-state index contributed by atoms with van der Waals surface area (Å²) < 4.78 is 5.51. The van der Waals surface area contributed by atoms with Crippen LogP contribution in [-0.4, -0.2) is 12.6 Å². The van der Waals surface area contributed by atoms with Gasteiger partial charge in [0.15, 0.2) is 0 Å². The smallest absolute Gasteiger partial charge is 0.138 e. The normalized spacial score (nSPS) is 12.6. The molecule has 1 rings (SSSR count). The van der Waals surface area contributed by atoms with Crippen molar-refractivity contribution in [2.24, 2.45) is 5.84 Å². The second-order valence-corrected chi connectivity index (χ2v) is 3.76. The standard InChI is InChI=1S/C9H12Cl2N2O/c1-6(5-13-12)14-9-3-2-7(10)4-8(9)11/h2-4,6,13H,5,12H2,1H3. The summed E-state index contributed by atoms with van der Waals surface area (Å²) in [5.74, 6) is 5.77. The van der Waals surface area contributed by atoms with Crippen LogP contribution in [-0.2, 0) is 0 Å². The number of nitrogens with one attached hydrogen (secondary N) is 1. The average Bonchev–Trinajstić information content (AvgIpc) is 2.10. The molecule has 0 saturated carbocycles. The molecule has 14 heavy (non-hydrogen) atoms. The molecular formula is C9H12Cl2N2O. The first-order valence-corrected chi connectivity index (χ1v) is 4.94. The van der Waals surface area contributed by atoms with Crippen molar-refractivity contribution in [3.05, 3.63) is 28.2 Å². The van der Waals surface area contributed by atoms with Gasteiger partial charge in [-0.05, 0) is 25.1 Å². The van der Waals surface area contributed by atoms with Crippen molar-refractivity contribution >= 4 is 23.2 Å². The Kier molecular flexibility index (Phi) is 4.48. The third kappa shape index (κ3) is 3.35. The lowest BCUT2D eigenvalue weighted by Gasteiger charge is -2.14. The summed E-state index contributed by atoms with van der Waals surface area (Å²) in [5, 5.41) is 1.09. The number of benzene rings is 1. The summed E-state index contributed by atoms with van der Waals surface area (Å²) in [5.41, 5.74) is 2.52. The molecule has 0 amide bonds. The lowest BCUT2D eigenvalue weighted by atomic mass is 10.3. The number of hydrogen-bond donors (Lipinski definition) is 2. The molecule has 3 nitrogen and oxygen atoms in total. The fraction of sp³-hybridized carbons (Fsp3) is 0.333. The molecule has 0 heterocycles. The largest absolute Gasteiger partial charge is 0.488 e. The van der Waals surface area contributed by atoms with E-state index in [0.717, 1.165) is 0 Å². The number of hydrazine groups is 1. The van der Waals surface area contributed by atoms with Crippen LogP contribution in [0, 0.1) is 0 Å². The Balaban J connectivity index is 2.67. The van der Waals surface area contributed by atoms with Gasteiger partial charge in [-0.3, -0.25) is 11.3 Å². The van der Waals surface area contributed by atoms with E-state index in [4.69, 9.17) is 33.8 Å². The van der Waals surface area contributed by atoms with Gasteiger partial charge < -0.3 is 4.74 Å². The van der Waals surface area contributed by atoms with E-state index in [1.807, 2.05) is 6.92 Å². The van der Waals surface area contributed by atoms with E-state index in [-0.39, 0.29) is 6.10 Å². The first kappa shape index (κ1) is 11.6. The Bertz CT molecular complexity index is 307. The quantitative estimate of drug-likeness (QED) is 0.621. The minimum Gasteiger partial charge on any atom is -0.488 e. The summed E-state index contributed by atoms with van der Waals surface area (Å²) >= 11 is 11.7. The van der Waals surface area contributed by atoms with Crippen molar-refractivity contribution in [1.82, 2.24) is 5.43 Å². The van der Waals surface area contributed by atoms with Crippen LogP contribution in [0.1, 0.15) is 6.92 Å². The van der Waals surface area contributed by atoms with Gasteiger partial charge in [-0.15, -0.1) is 0 Å². The van der Waals surface area contributed by atoms with Gasteiger partial charge in [0.05, 0.1) is 5.02 Å². The third-order valence-corrected chi connectivity index (χ3v) is 2.16. The molecule has 1 aromatic rings. The predicted octanol–water partition coefficient (Wildman–Crippen LogP) is 2.22. The molecule has 0 spiro atoms. The number of hydrogen-bond acceptors (Lipinski definition) is 3. The maximum atomic E-state index is 5.91. The maximum Gasteiger partial charge on any atom is 0.138 e. The molecule has 0 bridgehead atoms. The lowest BCUT2D eigenvalue weighted by Crippen LogP contribution is -2.33. The molecule has 1 unspecified atom stereocenters. The molecule has 0 aliphatic heterocycles. The van der Waals surface area contributed by atoms with Crippen molar-refractivity contribution in [1.29, 1.82) is 0 Å². The van der Waals surface area contributed by atoms with Crippen LogP contribution in [0.15, 0.2) is 18.2 Å². The Labute approximate surface area is 93.1 Å². The van der Waals surface area contributed by atoms with Crippen LogP contribution in [0.2, 0.25) is 10.0 Å². The molecule has 3 N–H and O–H groups in total. The fourth-order valence-electron chi connectivity index (χ4n) is 0.995. The van der Waals surface area contributed by atoms with Crippen LogP contribution in [0.25, 0.3) is 0 Å². The molecule has 1 aromatic carbocycles. The topological polar surface area (TPSA) is 47.3 Å². The summed E-state index contributed by atoms with van der Waals surface area (Å²) in [4.78, 5) is 0. The Morgan fingerprint density at radius 2 is 2.21 bits per heavy atom. The highest BCUT2D eigenvalue weighted by Gasteiger charge is 2.06. The molecule has 5 heteroatoms. The third-order valence-electron chi connectivity index (χ3n) is 1.63. The van der Waals surface area contributed by atoms with Crippen LogP contribution in [0.4, 0.5) is 0 Å². The fourth-order valence-corrected chi connectivity index (χ4v) is 1.45. The first-order valence-electron chi connectivity index (χ1n) is 4.18. The summed E-state index contributed by atoms with van der Waals surface area (Å²) in [6.45, 7) is 2.45. The number of halogens is 2. The minimum atomic E-state index is -0.0429. The van der Waals surface area contributed by atoms with Gasteiger partial charge in [-0.25, -0.2) is 0 Å². The van der Waals surface area contributed by atoms with Crippen molar-refractivity contribution in [3.63, 3.8) is 0 Å². The van der Waals surface area contributed by atoms with Gasteiger partial charge in [0, 0.05) is 11.6 Å². The second kappa shape index (κ2) is 5.41. The molecule has 0 aliphatic rings. The van der Waals surface area contributed by atoms with Gasteiger partial charge in [0.1, 0.15) is 11.9 Å². The zero-order valence-electron chi connectivity index (χ0n) is 7.76. The van der Waals surface area contributed by atoms with Crippen molar-refractivity contribution < 1.29 is 4.74 Å². The average molecular weight is 235 g/mol. The van der Waals surface area contributed by atoms with E-state index < -0.39 is 0 Å². The molecule has 0 saturated heterocycles. The van der Waals surface area contributed by atoms with E-state index >= 15 is 0 Å². The van der Waals surface area contributed by atoms with Crippen LogP contribution < -0.4 is 16.0 Å². The Hall–Kier alpha value is -0.480. The zero-order chi connectivity index (χ0) is 10.6. The number of nitrogens with two attached hydrogens (primary N) is 1. The van der Waals surface area contributed by atoms with Gasteiger partial charge in [0.2, 0.25) is 0 Å². The van der Waals surface area contributed by atoms with Gasteiger partial charge in [-0.2, -0.15) is 0 Å². The second-order valence-electron chi connectivity index (χ2n) is 2.91. The van der Waals surface area contributed by atoms with Crippen molar-refractivity contribution in [2.75, 3.05) is 6.54 Å². The first-order chi connectivity index (χ1) is 6.63. The number of rotatable bonds is 4. The summed E-state index contributed by atoms with van der Waals surface area (Å²) in [6, 6.07) is 5.10. The molecule has 78 valence electrons. The molecular weight excluding hydrogens is 223 g/mol. The summed E-state index contributed by atoms with van der Waals surface area (Å²) in [6.07, 6.45) is -0.0429. The zero-order valence-corrected chi connectivity index (χ0v) is 9.27. The molecule has 0 fully saturated rings. The predicted molar refractivity (Wildman–Crippen MR) is 58.7 cm³/mol. The van der Waals surface area contributed by atoms with Gasteiger partial charge in [-0.1, -0.05) is 23.2 Å². The Morgan fingerprint density at radius 1 is 1.50 bits per heavy atom. The van der Waals surface area contributed by atoms with E-state index in [2.05, 4.69) is 5.43 Å². The monoisotopic (exact) mass is 234 g/mol. The Morgan fingerprint density at radius 3 is 2.79 bits per heavy atom. The molecule has 0 aliphatic carbocycles. The van der Waals surface area contributed by atoms with E-state index in [9.17, 15) is 0 Å². The minimum absolute atomic E-state index is 0.0429. The van der Waals surface area contributed by atoms with Crippen LogP contribution in [0.3, 0.4) is 0 Å².